The van der Waals surface area contributed by atoms with Crippen molar-refractivity contribution in [1.29, 1.82) is 0 Å². The van der Waals surface area contributed by atoms with Crippen LogP contribution in [0, 0.1) is 0 Å². The maximum Gasteiger partial charge on any atom is 0.264 e. The van der Waals surface area contributed by atoms with Gasteiger partial charge in [0.2, 0.25) is 0 Å². The maximum atomic E-state index is 13.6. The topological polar surface area (TPSA) is 107 Å². The molecule has 1 fully saturated rings. The van der Waals surface area contributed by atoms with Crippen molar-refractivity contribution in [3.05, 3.63) is 96.1 Å². The summed E-state index contributed by atoms with van der Waals surface area (Å²) in [5.41, 5.74) is 3.02. The lowest BCUT2D eigenvalue weighted by atomic mass is 9.98. The molecule has 0 N–H and O–H groups in total. The number of hydrogen-bond donors (Lipinski definition) is 0. The monoisotopic (exact) mass is 508 g/mol. The Kier molecular flexibility index (Phi) is 5.91. The predicted octanol–water partition coefficient (Wildman–Crippen LogP) is 3.37. The van der Waals surface area contributed by atoms with Crippen LogP contribution >= 0.6 is 0 Å². The van der Waals surface area contributed by atoms with Crippen LogP contribution in [0.25, 0.3) is 0 Å². The summed E-state index contributed by atoms with van der Waals surface area (Å²) in [6.45, 7) is -0.252. The molecule has 1 saturated heterocycles. The highest BCUT2D eigenvalue weighted by Crippen LogP contribution is 2.37. The molecule has 3 aliphatic rings. The van der Waals surface area contributed by atoms with E-state index in [-0.39, 0.29) is 18.5 Å². The molecule has 3 atom stereocenters. The molecule has 0 saturated carbocycles. The van der Waals surface area contributed by atoms with E-state index in [0.29, 0.717) is 17.9 Å². The Bertz CT molecular complexity index is 1460. The van der Waals surface area contributed by atoms with Crippen LogP contribution < -0.4 is 9.64 Å². The van der Waals surface area contributed by atoms with Crippen molar-refractivity contribution in [1.82, 2.24) is 10.0 Å². The summed E-state index contributed by atoms with van der Waals surface area (Å²) in [6, 6.07) is 23.9. The smallest absolute Gasteiger partial charge is 0.264 e. The molecule has 10 heteroatoms. The molecule has 10 nitrogen and oxygen atoms in total. The van der Waals surface area contributed by atoms with E-state index in [1.54, 1.807) is 24.3 Å². The van der Waals surface area contributed by atoms with E-state index in [4.69, 9.17) is 4.74 Å². The first kappa shape index (κ1) is 23.5. The van der Waals surface area contributed by atoms with E-state index < -0.39 is 23.9 Å². The highest BCUT2D eigenvalue weighted by Gasteiger charge is 2.56. The van der Waals surface area contributed by atoms with Gasteiger partial charge in [-0.1, -0.05) is 78.0 Å². The minimum atomic E-state index is -1.02. The van der Waals surface area contributed by atoms with Crippen LogP contribution in [0.15, 0.2) is 100 Å². The normalized spacial score (nSPS) is 22.2. The number of fused-ring (bicyclic) bond motifs is 1. The number of nitrogens with zero attached hydrogens (tertiary/aromatic N) is 6. The van der Waals surface area contributed by atoms with Crippen LogP contribution in [0.1, 0.15) is 23.6 Å². The zero-order valence-electron chi connectivity index (χ0n) is 20.5. The van der Waals surface area contributed by atoms with Crippen molar-refractivity contribution in [3.8, 4) is 5.75 Å². The van der Waals surface area contributed by atoms with Crippen LogP contribution in [0.5, 0.6) is 5.75 Å². The molecule has 0 aliphatic carbocycles. The van der Waals surface area contributed by atoms with E-state index >= 15 is 0 Å². The van der Waals surface area contributed by atoms with Gasteiger partial charge in [-0.05, 0) is 23.3 Å². The Balaban J connectivity index is 1.26. The molecule has 3 heterocycles. The molecule has 0 unspecified atom stereocenters. The zero-order valence-corrected chi connectivity index (χ0v) is 20.5. The largest absolute Gasteiger partial charge is 0.495 e. The molecule has 3 aromatic rings. The second kappa shape index (κ2) is 9.55. The number of carbonyl (C=O) groups excluding carboxylic acids is 3. The van der Waals surface area contributed by atoms with Gasteiger partial charge in [0, 0.05) is 6.42 Å². The molecule has 38 heavy (non-hydrogen) atoms. The van der Waals surface area contributed by atoms with E-state index in [1.807, 2.05) is 60.7 Å². The lowest BCUT2D eigenvalue weighted by Crippen LogP contribution is -2.44. The van der Waals surface area contributed by atoms with Gasteiger partial charge in [0.25, 0.3) is 17.7 Å². The van der Waals surface area contributed by atoms with Gasteiger partial charge in [0.05, 0.1) is 24.6 Å². The standard InChI is InChI=1S/C28H24N6O4/c1-38-23-15-9-8-14-21(23)33-27(36)25-26(28(33)37)32(31-29-25)17-24(35)34-22(19-12-6-3-7-13-19)16-20(30-34)18-10-4-2-5-11-18/h2-15,22,25-26H,16-17H2,1H3/t22-,25-,26+/m0/s1. The van der Waals surface area contributed by atoms with Crippen LogP contribution in [0.2, 0.25) is 0 Å². The van der Waals surface area contributed by atoms with Crippen LogP contribution in [0.4, 0.5) is 5.69 Å². The quantitative estimate of drug-likeness (QED) is 0.475. The highest BCUT2D eigenvalue weighted by molar-refractivity contribution is 6.26. The fourth-order valence-electron chi connectivity index (χ4n) is 5.10. The van der Waals surface area contributed by atoms with Gasteiger partial charge in [0.1, 0.15) is 12.3 Å². The lowest BCUT2D eigenvalue weighted by molar-refractivity contribution is -0.135. The van der Waals surface area contributed by atoms with Crippen molar-refractivity contribution in [2.75, 3.05) is 18.6 Å². The summed E-state index contributed by atoms with van der Waals surface area (Å²) in [5.74, 6) is -0.965. The second-order valence-electron chi connectivity index (χ2n) is 9.16. The molecule has 0 aromatic heterocycles. The Morgan fingerprint density at radius 1 is 0.921 bits per heavy atom. The van der Waals surface area contributed by atoms with Gasteiger partial charge in [0.15, 0.2) is 12.1 Å². The summed E-state index contributed by atoms with van der Waals surface area (Å²) in [6.07, 6.45) is 0.548. The first-order valence-electron chi connectivity index (χ1n) is 12.2. The molecule has 3 amide bonds. The first-order chi connectivity index (χ1) is 18.6. The van der Waals surface area contributed by atoms with Gasteiger partial charge >= 0.3 is 0 Å². The number of para-hydroxylation sites is 2. The van der Waals surface area contributed by atoms with Crippen LogP contribution in [-0.4, -0.2) is 59.2 Å². The van der Waals surface area contributed by atoms with Crippen molar-refractivity contribution in [2.45, 2.75) is 24.5 Å². The van der Waals surface area contributed by atoms with Crippen molar-refractivity contribution >= 4 is 29.1 Å². The molecule has 3 aromatic carbocycles. The number of rotatable bonds is 6. The van der Waals surface area contributed by atoms with Gasteiger partial charge in [-0.2, -0.15) is 10.2 Å². The summed E-state index contributed by atoms with van der Waals surface area (Å²) >= 11 is 0. The number of hydrogen-bond acceptors (Lipinski definition) is 8. The molecule has 0 spiro atoms. The number of amides is 3. The molecule has 6 rings (SSSR count). The predicted molar refractivity (Wildman–Crippen MR) is 138 cm³/mol. The third-order valence-electron chi connectivity index (χ3n) is 6.94. The number of benzene rings is 3. The maximum absolute atomic E-state index is 13.6. The molecule has 3 aliphatic heterocycles. The summed E-state index contributed by atoms with van der Waals surface area (Å²) in [7, 11) is 1.47. The number of methoxy groups -OCH3 is 1. The van der Waals surface area contributed by atoms with E-state index in [9.17, 15) is 14.4 Å². The Morgan fingerprint density at radius 2 is 1.61 bits per heavy atom. The fraction of sp³-hybridized carbons (Fsp3) is 0.214. The Hall–Kier alpha value is -4.86. The number of carbonyl (C=O) groups is 3. The van der Waals surface area contributed by atoms with Crippen molar-refractivity contribution in [2.24, 2.45) is 15.4 Å². The third kappa shape index (κ3) is 3.90. The first-order valence-corrected chi connectivity index (χ1v) is 12.2. The minimum absolute atomic E-state index is 0.252. The molecule has 0 bridgehead atoms. The van der Waals surface area contributed by atoms with Gasteiger partial charge in [-0.3, -0.25) is 19.4 Å². The van der Waals surface area contributed by atoms with Gasteiger partial charge in [-0.15, -0.1) is 0 Å². The van der Waals surface area contributed by atoms with Gasteiger partial charge in [-0.25, -0.2) is 9.91 Å². The summed E-state index contributed by atoms with van der Waals surface area (Å²) in [4.78, 5) is 41.3. The van der Waals surface area contributed by atoms with Crippen LogP contribution in [0.3, 0.4) is 0 Å². The summed E-state index contributed by atoms with van der Waals surface area (Å²) in [5, 5.41) is 15.5. The molecular weight excluding hydrogens is 484 g/mol. The fourth-order valence-corrected chi connectivity index (χ4v) is 5.10. The number of hydrazone groups is 1. The van der Waals surface area contributed by atoms with E-state index in [1.165, 1.54) is 17.1 Å². The average Bonchev–Trinajstić information content (AvgIpc) is 3.65. The summed E-state index contributed by atoms with van der Waals surface area (Å²) < 4.78 is 5.35. The van der Waals surface area contributed by atoms with Crippen LogP contribution in [-0.2, 0) is 14.4 Å². The van der Waals surface area contributed by atoms with Gasteiger partial charge < -0.3 is 4.74 Å². The SMILES string of the molecule is COc1ccccc1N1C(=O)[C@H]2N=NN(CC(=O)N3N=C(c4ccccc4)C[C@H]3c3ccccc3)[C@H]2C1=O. The van der Waals surface area contributed by atoms with Crippen molar-refractivity contribution in [3.63, 3.8) is 0 Å². The number of ether oxygens (including phenoxy) is 1. The average molecular weight is 509 g/mol. The molecule has 0 radical (unpaired) electrons. The zero-order chi connectivity index (χ0) is 26.2. The van der Waals surface area contributed by atoms with E-state index in [2.05, 4.69) is 15.4 Å². The second-order valence-corrected chi connectivity index (χ2v) is 9.16. The third-order valence-corrected chi connectivity index (χ3v) is 6.94. The van der Waals surface area contributed by atoms with Crippen molar-refractivity contribution < 1.29 is 19.1 Å². The highest BCUT2D eigenvalue weighted by atomic mass is 16.5. The molecular formula is C28H24N6O4. The molecule has 190 valence electrons. The van der Waals surface area contributed by atoms with E-state index in [0.717, 1.165) is 21.7 Å². The Labute approximate surface area is 218 Å². The number of imide groups is 1. The number of anilines is 1. The lowest BCUT2D eigenvalue weighted by Gasteiger charge is -2.25. The minimum Gasteiger partial charge on any atom is -0.495 e. The Morgan fingerprint density at radius 3 is 2.34 bits per heavy atom.